The van der Waals surface area contributed by atoms with Crippen molar-refractivity contribution >= 4 is 107 Å². The van der Waals surface area contributed by atoms with E-state index in [1.54, 1.807) is 22.7 Å². The lowest BCUT2D eigenvalue weighted by Crippen LogP contribution is -2.14. The van der Waals surface area contributed by atoms with Crippen LogP contribution in [0.2, 0.25) is 0 Å². The second-order valence-corrected chi connectivity index (χ2v) is 35.7. The van der Waals surface area contributed by atoms with E-state index in [0.29, 0.717) is 34.9 Å². The van der Waals surface area contributed by atoms with Crippen LogP contribution in [-0.4, -0.2) is 39.0 Å². The van der Waals surface area contributed by atoms with Gasteiger partial charge in [-0.25, -0.2) is 29.9 Å². The molecule has 0 fully saturated rings. The van der Waals surface area contributed by atoms with Crippen molar-refractivity contribution in [1.82, 2.24) is 39.0 Å². The molecule has 0 N–H and O–H groups in total. The third-order valence-electron chi connectivity index (χ3n) is 25.7. The first-order valence-corrected chi connectivity index (χ1v) is 43.9. The van der Waals surface area contributed by atoms with Gasteiger partial charge in [0, 0.05) is 117 Å². The number of fused-ring (bicyclic) bond motifs is 18. The van der Waals surface area contributed by atoms with Gasteiger partial charge in [-0.1, -0.05) is 313 Å². The van der Waals surface area contributed by atoms with E-state index >= 15 is 0 Å². The molecule has 0 saturated carbocycles. The van der Waals surface area contributed by atoms with Crippen molar-refractivity contribution in [2.75, 3.05) is 0 Å². The lowest BCUT2D eigenvalue weighted by molar-refractivity contribution is 0.661. The number of thiophene rings is 2. The van der Waals surface area contributed by atoms with E-state index in [2.05, 4.69) is 352 Å². The van der Waals surface area contributed by atoms with E-state index in [1.807, 2.05) is 72.8 Å². The van der Waals surface area contributed by atoms with Crippen LogP contribution in [0.25, 0.3) is 219 Å². The summed E-state index contributed by atoms with van der Waals surface area (Å²) < 4.78 is 9.68. The average molecular weight is 1620 g/mol. The lowest BCUT2D eigenvalue weighted by Gasteiger charge is -2.21. The maximum atomic E-state index is 5.20. The summed E-state index contributed by atoms with van der Waals surface area (Å²) in [6, 6.07) is 140. The highest BCUT2D eigenvalue weighted by atomic mass is 32.1. The largest absolute Gasteiger partial charge is 0.309 e. The molecule has 0 bridgehead atoms. The Bertz CT molecular complexity index is 8140. The van der Waals surface area contributed by atoms with Crippen molar-refractivity contribution in [1.29, 1.82) is 0 Å². The fourth-order valence-corrected chi connectivity index (χ4v) is 21.9. The molecule has 2 aliphatic carbocycles. The van der Waals surface area contributed by atoms with Gasteiger partial charge < -0.3 is 9.13 Å². The molecule has 0 aliphatic heterocycles. The topological polar surface area (TPSA) is 87.2 Å². The Hall–Kier alpha value is -15.2. The smallest absolute Gasteiger partial charge is 0.165 e. The van der Waals surface area contributed by atoms with E-state index in [-0.39, 0.29) is 10.8 Å². The predicted octanol–water partition coefficient (Wildman–Crippen LogP) is 30.3. The summed E-state index contributed by atoms with van der Waals surface area (Å²) in [6.07, 6.45) is 0. The number of rotatable bonds is 11. The fourth-order valence-electron chi connectivity index (χ4n) is 19.5. The van der Waals surface area contributed by atoms with Crippen LogP contribution in [-0.2, 0) is 10.8 Å². The fraction of sp³-hybridized carbons (Fsp3) is 0.0526. The van der Waals surface area contributed by atoms with Crippen molar-refractivity contribution in [3.05, 3.63) is 411 Å². The van der Waals surface area contributed by atoms with Gasteiger partial charge >= 0.3 is 0 Å². The summed E-state index contributed by atoms with van der Waals surface area (Å²) in [5.74, 6) is 3.94. The molecule has 23 aromatic rings. The summed E-state index contributed by atoms with van der Waals surface area (Å²) in [5.41, 5.74) is 30.5. The Balaban J connectivity index is 0.000000140. The van der Waals surface area contributed by atoms with Crippen LogP contribution in [0.1, 0.15) is 49.9 Å². The van der Waals surface area contributed by atoms with Gasteiger partial charge in [-0.3, -0.25) is 0 Å². The van der Waals surface area contributed by atoms with Crippen molar-refractivity contribution < 1.29 is 0 Å². The van der Waals surface area contributed by atoms with E-state index in [4.69, 9.17) is 29.9 Å². The zero-order valence-electron chi connectivity index (χ0n) is 68.3. The normalized spacial score (nSPS) is 13.0. The van der Waals surface area contributed by atoms with E-state index in [0.717, 1.165) is 71.7 Å². The van der Waals surface area contributed by atoms with Crippen LogP contribution in [0.15, 0.2) is 388 Å². The van der Waals surface area contributed by atoms with Crippen molar-refractivity contribution in [3.63, 3.8) is 0 Å². The average Bonchev–Trinajstić information content (AvgIpc) is 1.55. The Morgan fingerprint density at radius 3 is 0.968 bits per heavy atom. The van der Waals surface area contributed by atoms with Gasteiger partial charge in [-0.2, -0.15) is 0 Å². The highest BCUT2D eigenvalue weighted by molar-refractivity contribution is 7.26. The Morgan fingerprint density at radius 1 is 0.194 bits per heavy atom. The highest BCUT2D eigenvalue weighted by Gasteiger charge is 2.38. The van der Waals surface area contributed by atoms with E-state index in [1.165, 1.54) is 135 Å². The first-order chi connectivity index (χ1) is 60.9. The molecule has 584 valence electrons. The molecule has 124 heavy (non-hydrogen) atoms. The summed E-state index contributed by atoms with van der Waals surface area (Å²) >= 11 is 3.59. The number of hydrogen-bond acceptors (Lipinski definition) is 8. The minimum atomic E-state index is -0.0889. The molecule has 6 heterocycles. The second-order valence-electron chi connectivity index (χ2n) is 33.6. The van der Waals surface area contributed by atoms with Crippen molar-refractivity contribution in [3.8, 4) is 135 Å². The molecule has 0 saturated heterocycles. The van der Waals surface area contributed by atoms with Gasteiger partial charge in [0.1, 0.15) is 0 Å². The van der Waals surface area contributed by atoms with Crippen LogP contribution in [0.4, 0.5) is 0 Å². The molecule has 25 rings (SSSR count). The predicted molar refractivity (Wildman–Crippen MR) is 518 cm³/mol. The number of para-hydroxylation sites is 2. The third-order valence-corrected chi connectivity index (χ3v) is 28.1. The van der Waals surface area contributed by atoms with Crippen LogP contribution in [0.5, 0.6) is 0 Å². The van der Waals surface area contributed by atoms with E-state index in [9.17, 15) is 0 Å². The molecule has 8 nitrogen and oxygen atoms in total. The minimum absolute atomic E-state index is 0.0876. The van der Waals surface area contributed by atoms with Gasteiger partial charge in [-0.15, -0.1) is 22.7 Å². The summed E-state index contributed by atoms with van der Waals surface area (Å²) in [7, 11) is 0. The summed E-state index contributed by atoms with van der Waals surface area (Å²) in [6.45, 7) is 9.43. The van der Waals surface area contributed by atoms with Gasteiger partial charge in [0.15, 0.2) is 34.9 Å². The van der Waals surface area contributed by atoms with Crippen LogP contribution >= 0.6 is 22.7 Å². The number of benzene rings is 17. The van der Waals surface area contributed by atoms with Gasteiger partial charge in [0.05, 0.1) is 22.1 Å². The molecule has 2 aliphatic rings. The number of aromatic nitrogens is 8. The lowest BCUT2D eigenvalue weighted by atomic mass is 9.82. The first-order valence-electron chi connectivity index (χ1n) is 42.3. The minimum Gasteiger partial charge on any atom is -0.309 e. The van der Waals surface area contributed by atoms with Crippen molar-refractivity contribution in [2.24, 2.45) is 0 Å². The molecule has 0 atom stereocenters. The van der Waals surface area contributed by atoms with Crippen LogP contribution in [0.3, 0.4) is 0 Å². The Kier molecular flexibility index (Phi) is 16.9. The molecular formula is C114H76N8S2. The van der Waals surface area contributed by atoms with Crippen molar-refractivity contribution in [2.45, 2.75) is 38.5 Å². The standard InChI is InChI=1S/C60H40N4S.C54H36N4S/c1-60(2)51-24-14-12-22-44(51)46-35-48-47-32-41(30-31-53(47)64(54(48)36-52(46)60)43-20-10-5-11-21-43)37-26-28-38(29-27-37)42-33-49-45-23-13-15-25-55(45)65-56(49)50(34-42)59-62-57(39-16-6-3-7-17-39)61-58(63-59)40-18-8-4-9-19-40;1-54(2)45-22-12-9-19-38(45)41-31-42-39-20-10-13-23-47(39)58(48(42)32-46(41)54)37-27-25-33(26-28-37)36-29-43-40-21-11-14-24-49(40)59-50(43)44(30-36)53-56-51(34-15-5-3-6-16-34)55-52(57-53)35-17-7-4-8-18-35/h3-36H,1-2H3;3-32H,1-2H3. The van der Waals surface area contributed by atoms with Crippen LogP contribution in [0, 0.1) is 0 Å². The number of hydrogen-bond donors (Lipinski definition) is 0. The zero-order chi connectivity index (χ0) is 82.5. The Labute approximate surface area is 724 Å². The molecule has 0 radical (unpaired) electrons. The summed E-state index contributed by atoms with van der Waals surface area (Å²) in [5, 5.41) is 9.91. The molecule has 0 unspecified atom stereocenters. The van der Waals surface area contributed by atoms with Gasteiger partial charge in [0.2, 0.25) is 0 Å². The molecule has 6 aromatic heterocycles. The molecular weight excluding hydrogens is 1550 g/mol. The molecule has 0 spiro atoms. The maximum absolute atomic E-state index is 5.20. The quantitative estimate of drug-likeness (QED) is 0.128. The molecule has 0 amide bonds. The third kappa shape index (κ3) is 11.9. The molecule has 10 heteroatoms. The summed E-state index contributed by atoms with van der Waals surface area (Å²) in [4.78, 5) is 30.8. The monoisotopic (exact) mass is 1620 g/mol. The second kappa shape index (κ2) is 28.8. The Morgan fingerprint density at radius 2 is 0.516 bits per heavy atom. The SMILES string of the molecule is CC1(C)c2ccccc2-c2cc3c4cc(-c5ccc(-c6cc(-c7nc(-c8ccccc8)nc(-c8ccccc8)n7)c7sc8ccccc8c7c6)cc5)ccc4n(-c4ccccc4)c3cc21.CC1(C)c2ccccc2-c2cc3c4ccccc4n(-c4ccc(-c5cc(-c6nc(-c7ccccc7)nc(-c7ccccc7)n6)c6sc7ccccc7c6c5)cc4)c3cc21. The van der Waals surface area contributed by atoms with E-state index < -0.39 is 0 Å². The number of nitrogens with zero attached hydrogens (tertiary/aromatic N) is 8. The van der Waals surface area contributed by atoms with Gasteiger partial charge in [0.25, 0.3) is 0 Å². The first kappa shape index (κ1) is 72.8. The zero-order valence-corrected chi connectivity index (χ0v) is 70.0. The molecule has 17 aromatic carbocycles. The van der Waals surface area contributed by atoms with Crippen LogP contribution < -0.4 is 0 Å². The highest BCUT2D eigenvalue weighted by Crippen LogP contribution is 2.54. The van der Waals surface area contributed by atoms with Gasteiger partial charge in [-0.05, 0) is 181 Å². The maximum Gasteiger partial charge on any atom is 0.165 e.